The molecule has 0 radical (unpaired) electrons. The molecule has 6 nitrogen and oxygen atoms in total. The number of halogens is 1. The number of hydrogen-bond donors (Lipinski definition) is 1. The van der Waals surface area contributed by atoms with E-state index >= 15 is 0 Å². The molecule has 2 aromatic rings. The van der Waals surface area contributed by atoms with Crippen molar-refractivity contribution < 1.29 is 18.0 Å². The molecule has 1 atom stereocenters. The minimum Gasteiger partial charge on any atom is -0.327 e. The molecule has 1 saturated carbocycles. The Morgan fingerprint density at radius 2 is 1.61 bits per heavy atom. The highest BCUT2D eigenvalue weighted by molar-refractivity contribution is 7.90. The largest absolute Gasteiger partial charge is 0.327 e. The molecule has 0 aromatic heterocycles. The molecule has 4 rings (SSSR count). The van der Waals surface area contributed by atoms with Crippen molar-refractivity contribution >= 4 is 33.4 Å². The molecule has 2 aliphatic rings. The fourth-order valence-electron chi connectivity index (χ4n) is 4.31. The van der Waals surface area contributed by atoms with Crippen molar-refractivity contribution in [3.63, 3.8) is 0 Å². The minimum absolute atomic E-state index is 0.0175. The molecule has 164 valence electrons. The number of carbonyl (C=O) groups is 2. The van der Waals surface area contributed by atoms with Gasteiger partial charge in [-0.25, -0.2) is 13.1 Å². The summed E-state index contributed by atoms with van der Waals surface area (Å²) in [5.41, 5.74) is -0.0808. The van der Waals surface area contributed by atoms with Crippen LogP contribution in [-0.4, -0.2) is 37.2 Å². The molecule has 1 heterocycles. The molecule has 31 heavy (non-hydrogen) atoms. The van der Waals surface area contributed by atoms with Crippen LogP contribution >= 0.6 is 11.6 Å². The van der Waals surface area contributed by atoms with Crippen LogP contribution in [0.3, 0.4) is 0 Å². The van der Waals surface area contributed by atoms with E-state index in [0.29, 0.717) is 30.8 Å². The summed E-state index contributed by atoms with van der Waals surface area (Å²) in [4.78, 5) is 28.1. The van der Waals surface area contributed by atoms with Gasteiger partial charge < -0.3 is 4.90 Å². The van der Waals surface area contributed by atoms with Crippen molar-refractivity contribution in [2.24, 2.45) is 0 Å². The first-order valence-electron chi connectivity index (χ1n) is 10.3. The van der Waals surface area contributed by atoms with Gasteiger partial charge in [0.25, 0.3) is 15.9 Å². The van der Waals surface area contributed by atoms with Crippen LogP contribution in [0.1, 0.15) is 43.7 Å². The zero-order valence-corrected chi connectivity index (χ0v) is 19.1. The maximum atomic E-state index is 13.6. The maximum absolute atomic E-state index is 13.6. The number of likely N-dealkylation sites (tertiary alicyclic amines) is 1. The van der Waals surface area contributed by atoms with Gasteiger partial charge in [0.15, 0.2) is 0 Å². The van der Waals surface area contributed by atoms with E-state index in [1.165, 1.54) is 17.0 Å². The average Bonchev–Trinajstić information content (AvgIpc) is 2.67. The van der Waals surface area contributed by atoms with Gasteiger partial charge in [-0.3, -0.25) is 9.59 Å². The second-order valence-corrected chi connectivity index (χ2v) is 10.8. The lowest BCUT2D eigenvalue weighted by molar-refractivity contribution is -0.163. The van der Waals surface area contributed by atoms with Gasteiger partial charge >= 0.3 is 0 Å². The number of amides is 2. The first kappa shape index (κ1) is 21.8. The third-order valence-electron chi connectivity index (χ3n) is 6.72. The van der Waals surface area contributed by atoms with Crippen LogP contribution in [0.5, 0.6) is 0 Å². The van der Waals surface area contributed by atoms with Crippen molar-refractivity contribution in [1.82, 2.24) is 9.62 Å². The summed E-state index contributed by atoms with van der Waals surface area (Å²) < 4.78 is 27.5. The van der Waals surface area contributed by atoms with Gasteiger partial charge in [-0.2, -0.15) is 0 Å². The third kappa shape index (κ3) is 3.64. The van der Waals surface area contributed by atoms with Gasteiger partial charge in [-0.1, -0.05) is 47.9 Å². The number of sulfonamides is 1. The first-order valence-corrected chi connectivity index (χ1v) is 12.2. The Kier molecular flexibility index (Phi) is 5.38. The molecule has 1 aliphatic carbocycles. The van der Waals surface area contributed by atoms with Gasteiger partial charge in [-0.05, 0) is 62.9 Å². The monoisotopic (exact) mass is 460 g/mol. The number of hydrogen-bond acceptors (Lipinski definition) is 4. The molecule has 2 aromatic carbocycles. The second-order valence-electron chi connectivity index (χ2n) is 8.67. The molecule has 8 heteroatoms. The zero-order valence-electron chi connectivity index (χ0n) is 17.5. The van der Waals surface area contributed by atoms with E-state index in [2.05, 4.69) is 4.72 Å². The Balaban J connectivity index is 1.55. The Morgan fingerprint density at radius 1 is 1.00 bits per heavy atom. The van der Waals surface area contributed by atoms with Crippen LogP contribution in [0.25, 0.3) is 0 Å². The Hall–Kier alpha value is -2.38. The SMILES string of the molecule is Cc1ccc(S(=O)(=O)NC(=O)C2(C)CCN2C(=O)C2(c3ccc(Cl)cc3)CCC2)cc1. The van der Waals surface area contributed by atoms with E-state index in [4.69, 9.17) is 11.6 Å². The molecule has 2 fully saturated rings. The minimum atomic E-state index is -4.02. The molecule has 1 unspecified atom stereocenters. The van der Waals surface area contributed by atoms with Crippen LogP contribution < -0.4 is 4.72 Å². The number of nitrogens with zero attached hydrogens (tertiary/aromatic N) is 1. The number of benzene rings is 2. The molecule has 1 aliphatic heterocycles. The number of rotatable bonds is 5. The zero-order chi connectivity index (χ0) is 22.4. The van der Waals surface area contributed by atoms with Crippen molar-refractivity contribution in [2.45, 2.75) is 55.4 Å². The quantitative estimate of drug-likeness (QED) is 0.739. The van der Waals surface area contributed by atoms with Crippen molar-refractivity contribution in [3.8, 4) is 0 Å². The molecule has 1 saturated heterocycles. The molecule has 2 amide bonds. The van der Waals surface area contributed by atoms with Crippen LogP contribution in [0.2, 0.25) is 5.02 Å². The van der Waals surface area contributed by atoms with E-state index < -0.39 is 26.9 Å². The summed E-state index contributed by atoms with van der Waals surface area (Å²) in [7, 11) is -4.02. The lowest BCUT2D eigenvalue weighted by Gasteiger charge is -2.54. The van der Waals surface area contributed by atoms with Gasteiger partial charge in [0.1, 0.15) is 5.54 Å². The number of carbonyl (C=O) groups excluding carboxylic acids is 2. The fraction of sp³-hybridized carbons (Fsp3) is 0.391. The van der Waals surface area contributed by atoms with E-state index in [9.17, 15) is 18.0 Å². The van der Waals surface area contributed by atoms with Crippen LogP contribution in [-0.2, 0) is 25.0 Å². The maximum Gasteiger partial charge on any atom is 0.264 e. The third-order valence-corrected chi connectivity index (χ3v) is 8.32. The highest BCUT2D eigenvalue weighted by Crippen LogP contribution is 2.48. The molecule has 1 N–H and O–H groups in total. The summed E-state index contributed by atoms with van der Waals surface area (Å²) in [5.74, 6) is -0.809. The van der Waals surface area contributed by atoms with Crippen molar-refractivity contribution in [3.05, 3.63) is 64.7 Å². The van der Waals surface area contributed by atoms with Gasteiger partial charge in [0.2, 0.25) is 5.91 Å². The fourth-order valence-corrected chi connectivity index (χ4v) is 5.51. The van der Waals surface area contributed by atoms with E-state index in [0.717, 1.165) is 17.5 Å². The van der Waals surface area contributed by atoms with Crippen molar-refractivity contribution in [1.29, 1.82) is 0 Å². The van der Waals surface area contributed by atoms with E-state index in [1.807, 2.05) is 19.1 Å². The van der Waals surface area contributed by atoms with E-state index in [-0.39, 0.29) is 10.8 Å². The van der Waals surface area contributed by atoms with E-state index in [1.54, 1.807) is 31.2 Å². The lowest BCUT2D eigenvalue weighted by atomic mass is 9.62. The smallest absolute Gasteiger partial charge is 0.264 e. The average molecular weight is 461 g/mol. The number of nitrogens with one attached hydrogen (secondary N) is 1. The molecular weight excluding hydrogens is 436 g/mol. The van der Waals surface area contributed by atoms with Crippen LogP contribution in [0, 0.1) is 6.92 Å². The van der Waals surface area contributed by atoms with Crippen LogP contribution in [0.15, 0.2) is 53.4 Å². The summed E-state index contributed by atoms with van der Waals surface area (Å²) in [6, 6.07) is 13.5. The highest BCUT2D eigenvalue weighted by atomic mass is 35.5. The summed E-state index contributed by atoms with van der Waals surface area (Å²) in [6.07, 6.45) is 2.73. The Bertz CT molecular complexity index is 1130. The van der Waals surface area contributed by atoms with Gasteiger partial charge in [0, 0.05) is 11.6 Å². The predicted octanol–water partition coefficient (Wildman–Crippen LogP) is 3.57. The first-order chi connectivity index (χ1) is 14.6. The standard InChI is InChI=1S/C23H25ClN2O4S/c1-16-4-10-19(11-5-16)31(29,30)25-20(27)22(2)14-15-26(22)21(28)23(12-3-13-23)17-6-8-18(24)9-7-17/h4-11H,3,12-15H2,1-2H3,(H,25,27). The number of aryl methyl sites for hydroxylation is 1. The molecule has 0 spiro atoms. The normalized spacial score (nSPS) is 22.2. The predicted molar refractivity (Wildman–Crippen MR) is 118 cm³/mol. The topological polar surface area (TPSA) is 83.6 Å². The lowest BCUT2D eigenvalue weighted by Crippen LogP contribution is -2.71. The van der Waals surface area contributed by atoms with Gasteiger partial charge in [0.05, 0.1) is 10.3 Å². The molecule has 0 bridgehead atoms. The summed E-state index contributed by atoms with van der Waals surface area (Å²) in [6.45, 7) is 3.90. The van der Waals surface area contributed by atoms with Gasteiger partial charge in [-0.15, -0.1) is 0 Å². The Labute approximate surface area is 187 Å². The summed E-state index contributed by atoms with van der Waals surface area (Å²) in [5, 5.41) is 0.597. The highest BCUT2D eigenvalue weighted by Gasteiger charge is 2.57. The van der Waals surface area contributed by atoms with Crippen molar-refractivity contribution in [2.75, 3.05) is 6.54 Å². The summed E-state index contributed by atoms with van der Waals surface area (Å²) >= 11 is 6.01. The Morgan fingerprint density at radius 3 is 2.10 bits per heavy atom. The van der Waals surface area contributed by atoms with Crippen LogP contribution in [0.4, 0.5) is 0 Å². The second kappa shape index (κ2) is 7.64. The molecular formula is C23H25ClN2O4S.